The molecule has 1 atom stereocenters. The lowest BCUT2D eigenvalue weighted by molar-refractivity contribution is -0.129. The standard InChI is InChI=1S/C9H13N3O/c1-7(13)12-6-2-3-8(12)9-10-4-5-11-9/h4-5,8H,2-3,6H2,1H3,(H,10,11). The number of aromatic amines is 1. The molecule has 1 unspecified atom stereocenters. The third kappa shape index (κ3) is 1.43. The fraction of sp³-hybridized carbons (Fsp3) is 0.556. The number of hydrogen-bond donors (Lipinski definition) is 1. The largest absolute Gasteiger partial charge is 0.347 e. The fourth-order valence-electron chi connectivity index (χ4n) is 1.89. The summed E-state index contributed by atoms with van der Waals surface area (Å²) in [6.45, 7) is 2.47. The molecule has 13 heavy (non-hydrogen) atoms. The Morgan fingerprint density at radius 2 is 2.62 bits per heavy atom. The minimum Gasteiger partial charge on any atom is -0.347 e. The average Bonchev–Trinajstić information content (AvgIpc) is 2.74. The maximum atomic E-state index is 11.2. The van der Waals surface area contributed by atoms with Gasteiger partial charge in [-0.1, -0.05) is 0 Å². The summed E-state index contributed by atoms with van der Waals surface area (Å²) in [5.41, 5.74) is 0. The van der Waals surface area contributed by atoms with E-state index >= 15 is 0 Å². The van der Waals surface area contributed by atoms with Gasteiger partial charge >= 0.3 is 0 Å². The zero-order valence-corrected chi connectivity index (χ0v) is 7.66. The number of amides is 1. The van der Waals surface area contributed by atoms with Crippen molar-refractivity contribution in [1.29, 1.82) is 0 Å². The molecule has 0 bridgehead atoms. The Hall–Kier alpha value is -1.32. The predicted molar refractivity (Wildman–Crippen MR) is 47.9 cm³/mol. The van der Waals surface area contributed by atoms with Crippen LogP contribution >= 0.6 is 0 Å². The third-order valence-corrected chi connectivity index (χ3v) is 2.49. The lowest BCUT2D eigenvalue weighted by atomic mass is 10.2. The van der Waals surface area contributed by atoms with Crippen molar-refractivity contribution in [1.82, 2.24) is 14.9 Å². The zero-order valence-electron chi connectivity index (χ0n) is 7.66. The molecule has 1 aromatic heterocycles. The Kier molecular flexibility index (Phi) is 2.04. The molecule has 4 nitrogen and oxygen atoms in total. The van der Waals surface area contributed by atoms with Crippen LogP contribution in [0.25, 0.3) is 0 Å². The lowest BCUT2D eigenvalue weighted by Crippen LogP contribution is -2.28. The van der Waals surface area contributed by atoms with Crippen LogP contribution in [0.2, 0.25) is 0 Å². The summed E-state index contributed by atoms with van der Waals surface area (Å²) in [7, 11) is 0. The van der Waals surface area contributed by atoms with Crippen LogP contribution in [0.15, 0.2) is 12.4 Å². The van der Waals surface area contributed by atoms with Crippen molar-refractivity contribution in [3.63, 3.8) is 0 Å². The monoisotopic (exact) mass is 179 g/mol. The van der Waals surface area contributed by atoms with Gasteiger partial charge in [-0.2, -0.15) is 0 Å². The van der Waals surface area contributed by atoms with Crippen LogP contribution < -0.4 is 0 Å². The molecule has 2 rings (SSSR count). The van der Waals surface area contributed by atoms with E-state index in [1.807, 2.05) is 4.90 Å². The molecule has 70 valence electrons. The number of rotatable bonds is 1. The SMILES string of the molecule is CC(=O)N1CCCC1c1ncc[nH]1. The van der Waals surface area contributed by atoms with E-state index < -0.39 is 0 Å². The Morgan fingerprint density at radius 1 is 1.77 bits per heavy atom. The van der Waals surface area contributed by atoms with Crippen molar-refractivity contribution in [3.05, 3.63) is 18.2 Å². The Morgan fingerprint density at radius 3 is 3.23 bits per heavy atom. The highest BCUT2D eigenvalue weighted by molar-refractivity contribution is 5.74. The molecule has 1 saturated heterocycles. The number of nitrogens with one attached hydrogen (secondary N) is 1. The normalized spacial score (nSPS) is 22.2. The molecule has 0 saturated carbocycles. The first-order valence-electron chi connectivity index (χ1n) is 4.55. The highest BCUT2D eigenvalue weighted by Gasteiger charge is 2.29. The van der Waals surface area contributed by atoms with E-state index in [-0.39, 0.29) is 11.9 Å². The van der Waals surface area contributed by atoms with Gasteiger partial charge in [-0.15, -0.1) is 0 Å². The molecular formula is C9H13N3O. The van der Waals surface area contributed by atoms with Crippen LogP contribution in [0.5, 0.6) is 0 Å². The fourth-order valence-corrected chi connectivity index (χ4v) is 1.89. The van der Waals surface area contributed by atoms with Gasteiger partial charge in [0.1, 0.15) is 5.82 Å². The Labute approximate surface area is 77.0 Å². The summed E-state index contributed by atoms with van der Waals surface area (Å²) < 4.78 is 0. The lowest BCUT2D eigenvalue weighted by Gasteiger charge is -2.21. The van der Waals surface area contributed by atoms with Crippen molar-refractivity contribution in [2.75, 3.05) is 6.54 Å². The summed E-state index contributed by atoms with van der Waals surface area (Å²) in [6.07, 6.45) is 5.62. The van der Waals surface area contributed by atoms with Gasteiger partial charge in [0.25, 0.3) is 0 Å². The van der Waals surface area contributed by atoms with Gasteiger partial charge in [-0.3, -0.25) is 4.79 Å². The zero-order chi connectivity index (χ0) is 9.26. The summed E-state index contributed by atoms with van der Waals surface area (Å²) in [5, 5.41) is 0. The first-order valence-corrected chi connectivity index (χ1v) is 4.55. The minimum absolute atomic E-state index is 0.138. The second-order valence-electron chi connectivity index (χ2n) is 3.34. The van der Waals surface area contributed by atoms with Gasteiger partial charge in [-0.25, -0.2) is 4.98 Å². The number of carbonyl (C=O) groups is 1. The molecule has 2 heterocycles. The van der Waals surface area contributed by atoms with Crippen LogP contribution in [0, 0.1) is 0 Å². The van der Waals surface area contributed by atoms with Crippen molar-refractivity contribution >= 4 is 5.91 Å². The summed E-state index contributed by atoms with van der Waals surface area (Å²) >= 11 is 0. The van der Waals surface area contributed by atoms with Crippen LogP contribution in [0.3, 0.4) is 0 Å². The number of H-pyrrole nitrogens is 1. The number of carbonyl (C=O) groups excluding carboxylic acids is 1. The molecule has 1 aromatic rings. The minimum atomic E-state index is 0.138. The van der Waals surface area contributed by atoms with Gasteiger partial charge < -0.3 is 9.88 Å². The second kappa shape index (κ2) is 3.20. The van der Waals surface area contributed by atoms with Crippen molar-refractivity contribution in [2.24, 2.45) is 0 Å². The highest BCUT2D eigenvalue weighted by Crippen LogP contribution is 2.29. The third-order valence-electron chi connectivity index (χ3n) is 2.49. The Balaban J connectivity index is 2.19. The number of imidazole rings is 1. The van der Waals surface area contributed by atoms with E-state index in [0.717, 1.165) is 25.2 Å². The number of hydrogen-bond acceptors (Lipinski definition) is 2. The van der Waals surface area contributed by atoms with Crippen molar-refractivity contribution < 1.29 is 4.79 Å². The summed E-state index contributed by atoms with van der Waals surface area (Å²) in [6, 6.07) is 0.174. The van der Waals surface area contributed by atoms with Crippen LogP contribution in [-0.4, -0.2) is 27.3 Å². The van der Waals surface area contributed by atoms with E-state index in [0.29, 0.717) is 0 Å². The van der Waals surface area contributed by atoms with Gasteiger partial charge in [0.15, 0.2) is 0 Å². The molecular weight excluding hydrogens is 166 g/mol. The first-order chi connectivity index (χ1) is 6.29. The average molecular weight is 179 g/mol. The predicted octanol–water partition coefficient (Wildman–Crippen LogP) is 1.09. The van der Waals surface area contributed by atoms with Gasteiger partial charge in [0.2, 0.25) is 5.91 Å². The molecule has 1 amide bonds. The van der Waals surface area contributed by atoms with Crippen LogP contribution in [0.4, 0.5) is 0 Å². The molecule has 4 heteroatoms. The first kappa shape index (κ1) is 8.29. The second-order valence-corrected chi connectivity index (χ2v) is 3.34. The molecule has 1 aliphatic heterocycles. The molecule has 0 aliphatic carbocycles. The van der Waals surface area contributed by atoms with E-state index in [1.54, 1.807) is 19.3 Å². The molecule has 0 radical (unpaired) electrons. The number of likely N-dealkylation sites (tertiary alicyclic amines) is 1. The summed E-state index contributed by atoms with van der Waals surface area (Å²) in [5.74, 6) is 1.05. The maximum absolute atomic E-state index is 11.2. The van der Waals surface area contributed by atoms with Crippen molar-refractivity contribution in [2.45, 2.75) is 25.8 Å². The quantitative estimate of drug-likeness (QED) is 0.701. The molecule has 1 fully saturated rings. The van der Waals surface area contributed by atoms with E-state index in [4.69, 9.17) is 0 Å². The topological polar surface area (TPSA) is 49.0 Å². The van der Waals surface area contributed by atoms with Gasteiger partial charge in [0, 0.05) is 25.9 Å². The van der Waals surface area contributed by atoms with Crippen LogP contribution in [0.1, 0.15) is 31.6 Å². The van der Waals surface area contributed by atoms with Gasteiger partial charge in [0.05, 0.1) is 6.04 Å². The summed E-state index contributed by atoms with van der Waals surface area (Å²) in [4.78, 5) is 20.4. The van der Waals surface area contributed by atoms with E-state index in [1.165, 1.54) is 0 Å². The van der Waals surface area contributed by atoms with Crippen LogP contribution in [-0.2, 0) is 4.79 Å². The van der Waals surface area contributed by atoms with Crippen molar-refractivity contribution in [3.8, 4) is 0 Å². The molecule has 0 aromatic carbocycles. The maximum Gasteiger partial charge on any atom is 0.220 e. The number of nitrogens with zero attached hydrogens (tertiary/aromatic N) is 2. The van der Waals surface area contributed by atoms with E-state index in [9.17, 15) is 4.79 Å². The molecule has 1 N–H and O–H groups in total. The Bertz CT molecular complexity index is 294. The highest BCUT2D eigenvalue weighted by atomic mass is 16.2. The van der Waals surface area contributed by atoms with E-state index in [2.05, 4.69) is 9.97 Å². The smallest absolute Gasteiger partial charge is 0.220 e. The molecule has 0 spiro atoms. The molecule has 1 aliphatic rings. The number of aromatic nitrogens is 2. The van der Waals surface area contributed by atoms with Gasteiger partial charge in [-0.05, 0) is 12.8 Å².